The summed E-state index contributed by atoms with van der Waals surface area (Å²) in [4.78, 5) is 0. The maximum absolute atomic E-state index is 5.50. The number of fused-ring (bicyclic) bond motifs is 1. The second kappa shape index (κ2) is 6.45. The molecule has 4 rings (SSSR count). The lowest BCUT2D eigenvalue weighted by Gasteiger charge is -2.11. The van der Waals surface area contributed by atoms with Crippen LogP contribution in [0.2, 0.25) is 0 Å². The smallest absolute Gasteiger partial charge is 0.126 e. The van der Waals surface area contributed by atoms with Crippen LogP contribution in [0.15, 0.2) is 84.9 Å². The molecule has 0 bridgehead atoms. The van der Waals surface area contributed by atoms with Crippen molar-refractivity contribution in [2.75, 3.05) is 7.11 Å². The molecule has 25 heavy (non-hydrogen) atoms. The summed E-state index contributed by atoms with van der Waals surface area (Å²) in [6.07, 6.45) is 0. The molecule has 0 aliphatic carbocycles. The minimum absolute atomic E-state index is 0.913. The Morgan fingerprint density at radius 3 is 1.76 bits per heavy atom. The molecule has 1 heteroatoms. The predicted molar refractivity (Wildman–Crippen MR) is 106 cm³/mol. The first-order valence-corrected chi connectivity index (χ1v) is 8.49. The van der Waals surface area contributed by atoms with Gasteiger partial charge in [-0.3, -0.25) is 0 Å². The number of rotatable bonds is 3. The molecule has 0 atom stereocenters. The second-order valence-corrected chi connectivity index (χ2v) is 6.30. The van der Waals surface area contributed by atoms with Crippen molar-refractivity contribution in [2.24, 2.45) is 0 Å². The molecule has 0 saturated heterocycles. The van der Waals surface area contributed by atoms with Gasteiger partial charge >= 0.3 is 0 Å². The van der Waals surface area contributed by atoms with E-state index < -0.39 is 0 Å². The minimum atomic E-state index is 0.913. The van der Waals surface area contributed by atoms with Crippen LogP contribution in [0.4, 0.5) is 0 Å². The molecule has 0 spiro atoms. The lowest BCUT2D eigenvalue weighted by molar-refractivity contribution is 0.420. The molecular formula is C24H20O. The molecule has 0 N–H and O–H groups in total. The Kier molecular flexibility index (Phi) is 3.99. The Balaban J connectivity index is 1.78. The van der Waals surface area contributed by atoms with Gasteiger partial charge in [-0.1, -0.05) is 84.4 Å². The number of methoxy groups -OCH3 is 1. The molecule has 0 unspecified atom stereocenters. The summed E-state index contributed by atoms with van der Waals surface area (Å²) in [6.45, 7) is 2.11. The van der Waals surface area contributed by atoms with Crippen LogP contribution in [0, 0.1) is 6.92 Å². The number of hydrogen-bond acceptors (Lipinski definition) is 1. The van der Waals surface area contributed by atoms with Crippen LogP contribution in [0.1, 0.15) is 5.56 Å². The first-order chi connectivity index (χ1) is 12.3. The van der Waals surface area contributed by atoms with Crippen molar-refractivity contribution in [3.8, 4) is 28.0 Å². The highest BCUT2D eigenvalue weighted by Gasteiger charge is 2.08. The van der Waals surface area contributed by atoms with E-state index in [4.69, 9.17) is 4.74 Å². The van der Waals surface area contributed by atoms with Crippen molar-refractivity contribution in [1.29, 1.82) is 0 Å². The highest BCUT2D eigenvalue weighted by Crippen LogP contribution is 2.35. The molecule has 4 aromatic carbocycles. The van der Waals surface area contributed by atoms with E-state index in [9.17, 15) is 0 Å². The van der Waals surface area contributed by atoms with E-state index in [0.717, 1.165) is 11.1 Å². The number of benzene rings is 4. The third-order valence-electron chi connectivity index (χ3n) is 4.68. The molecule has 1 nitrogen and oxygen atoms in total. The van der Waals surface area contributed by atoms with Gasteiger partial charge in [0.05, 0.1) is 7.11 Å². The van der Waals surface area contributed by atoms with Crippen LogP contribution in [-0.4, -0.2) is 7.11 Å². The van der Waals surface area contributed by atoms with E-state index in [0.29, 0.717) is 0 Å². The molecular weight excluding hydrogens is 304 g/mol. The van der Waals surface area contributed by atoms with Crippen molar-refractivity contribution < 1.29 is 4.74 Å². The van der Waals surface area contributed by atoms with E-state index in [1.54, 1.807) is 7.11 Å². The number of hydrogen-bond donors (Lipinski definition) is 0. The Morgan fingerprint density at radius 1 is 0.560 bits per heavy atom. The van der Waals surface area contributed by atoms with Crippen molar-refractivity contribution in [3.05, 3.63) is 90.5 Å². The Bertz CT molecular complexity index is 1010. The maximum Gasteiger partial charge on any atom is 0.126 e. The van der Waals surface area contributed by atoms with Crippen molar-refractivity contribution in [1.82, 2.24) is 0 Å². The van der Waals surface area contributed by atoms with Gasteiger partial charge in [-0.25, -0.2) is 0 Å². The van der Waals surface area contributed by atoms with Gasteiger partial charge in [-0.15, -0.1) is 0 Å². The van der Waals surface area contributed by atoms with Crippen LogP contribution in [0.3, 0.4) is 0 Å². The topological polar surface area (TPSA) is 9.23 Å². The zero-order chi connectivity index (χ0) is 17.2. The van der Waals surface area contributed by atoms with Gasteiger partial charge < -0.3 is 4.74 Å². The molecule has 0 fully saturated rings. The molecule has 4 aromatic rings. The Morgan fingerprint density at radius 2 is 1.12 bits per heavy atom. The summed E-state index contributed by atoms with van der Waals surface area (Å²) in [7, 11) is 1.72. The van der Waals surface area contributed by atoms with Gasteiger partial charge in [-0.2, -0.15) is 0 Å². The molecule has 0 amide bonds. The summed E-state index contributed by atoms with van der Waals surface area (Å²) < 4.78 is 5.50. The monoisotopic (exact) mass is 324 g/mol. The number of ether oxygens (including phenoxy) is 1. The fourth-order valence-corrected chi connectivity index (χ4v) is 3.29. The van der Waals surface area contributed by atoms with Gasteiger partial charge in [0.15, 0.2) is 0 Å². The fourth-order valence-electron chi connectivity index (χ4n) is 3.29. The van der Waals surface area contributed by atoms with Gasteiger partial charge in [0, 0.05) is 5.39 Å². The Hall–Kier alpha value is -3.06. The van der Waals surface area contributed by atoms with Gasteiger partial charge in [0.1, 0.15) is 5.75 Å². The zero-order valence-electron chi connectivity index (χ0n) is 14.5. The predicted octanol–water partition coefficient (Wildman–Crippen LogP) is 6.49. The van der Waals surface area contributed by atoms with Crippen LogP contribution < -0.4 is 4.74 Å². The zero-order valence-corrected chi connectivity index (χ0v) is 14.5. The normalized spacial score (nSPS) is 10.8. The van der Waals surface area contributed by atoms with Crippen molar-refractivity contribution >= 4 is 10.8 Å². The van der Waals surface area contributed by atoms with Crippen molar-refractivity contribution in [3.63, 3.8) is 0 Å². The maximum atomic E-state index is 5.50. The Labute approximate surface area is 148 Å². The highest BCUT2D eigenvalue weighted by molar-refractivity contribution is 6.00. The van der Waals surface area contributed by atoms with Crippen LogP contribution in [0.5, 0.6) is 5.75 Å². The highest BCUT2D eigenvalue weighted by atomic mass is 16.5. The quantitative estimate of drug-likeness (QED) is 0.418. The van der Waals surface area contributed by atoms with Gasteiger partial charge in [0.25, 0.3) is 0 Å². The summed E-state index contributed by atoms with van der Waals surface area (Å²) in [5.41, 5.74) is 6.21. The van der Waals surface area contributed by atoms with Gasteiger partial charge in [-0.05, 0) is 40.6 Å². The summed E-state index contributed by atoms with van der Waals surface area (Å²) >= 11 is 0. The van der Waals surface area contributed by atoms with E-state index in [1.165, 1.54) is 33.2 Å². The van der Waals surface area contributed by atoms with E-state index in [1.807, 2.05) is 6.07 Å². The first kappa shape index (κ1) is 15.5. The molecule has 0 radical (unpaired) electrons. The molecule has 0 aromatic heterocycles. The standard InChI is InChI=1S/C24H20O/c1-17-7-9-18(10-8-17)19-11-13-20(14-12-19)21-15-16-24(25-2)23-6-4-3-5-22(21)23/h3-16H,1-2H3. The van der Waals surface area contributed by atoms with Crippen molar-refractivity contribution in [2.45, 2.75) is 6.92 Å². The third-order valence-corrected chi connectivity index (χ3v) is 4.68. The van der Waals surface area contributed by atoms with E-state index in [2.05, 4.69) is 85.8 Å². The van der Waals surface area contributed by atoms with Crippen LogP contribution >= 0.6 is 0 Å². The van der Waals surface area contributed by atoms with E-state index >= 15 is 0 Å². The average Bonchev–Trinajstić information content (AvgIpc) is 2.68. The molecule has 0 aliphatic heterocycles. The van der Waals surface area contributed by atoms with Crippen LogP contribution in [-0.2, 0) is 0 Å². The SMILES string of the molecule is COc1ccc(-c2ccc(-c3ccc(C)cc3)cc2)c2ccccc12. The van der Waals surface area contributed by atoms with E-state index in [-0.39, 0.29) is 0 Å². The largest absolute Gasteiger partial charge is 0.496 e. The lowest BCUT2D eigenvalue weighted by Crippen LogP contribution is -1.88. The number of aryl methyl sites for hydroxylation is 1. The second-order valence-electron chi connectivity index (χ2n) is 6.30. The lowest BCUT2D eigenvalue weighted by atomic mass is 9.95. The summed E-state index contributed by atoms with van der Waals surface area (Å²) in [6, 6.07) is 30.0. The third kappa shape index (κ3) is 2.89. The molecule has 0 saturated carbocycles. The molecule has 0 heterocycles. The average molecular weight is 324 g/mol. The molecule has 0 aliphatic rings. The summed E-state index contributed by atoms with van der Waals surface area (Å²) in [5, 5.41) is 2.36. The first-order valence-electron chi connectivity index (χ1n) is 8.49. The molecule has 122 valence electrons. The van der Waals surface area contributed by atoms with Gasteiger partial charge in [0.2, 0.25) is 0 Å². The van der Waals surface area contributed by atoms with Crippen LogP contribution in [0.25, 0.3) is 33.0 Å². The fraction of sp³-hybridized carbons (Fsp3) is 0.0833. The summed E-state index contributed by atoms with van der Waals surface area (Å²) in [5.74, 6) is 0.913. The minimum Gasteiger partial charge on any atom is -0.496 e.